The van der Waals surface area contributed by atoms with Gasteiger partial charge in [-0.05, 0) is 43.0 Å². The van der Waals surface area contributed by atoms with Gasteiger partial charge >= 0.3 is 6.09 Å². The third kappa shape index (κ3) is 7.54. The van der Waals surface area contributed by atoms with Crippen LogP contribution in [0.2, 0.25) is 25.7 Å². The van der Waals surface area contributed by atoms with Gasteiger partial charge in [0.15, 0.2) is 0 Å². The summed E-state index contributed by atoms with van der Waals surface area (Å²) >= 11 is 0. The Morgan fingerprint density at radius 3 is 2.67 bits per heavy atom. The second kappa shape index (κ2) is 13.0. The molecule has 3 aromatic heterocycles. The number of benzene rings is 1. The fourth-order valence-electron chi connectivity index (χ4n) is 5.36. The maximum Gasteiger partial charge on any atom is 0.410 e. The third-order valence-corrected chi connectivity index (χ3v) is 9.24. The molecule has 1 aromatic carbocycles. The summed E-state index contributed by atoms with van der Waals surface area (Å²) in [5, 5.41) is 4.80. The molecule has 222 valence electrons. The van der Waals surface area contributed by atoms with Crippen LogP contribution in [0.5, 0.6) is 0 Å². The second-order valence-electron chi connectivity index (χ2n) is 12.5. The molecule has 0 radical (unpaired) electrons. The topological polar surface area (TPSA) is 94.4 Å². The van der Waals surface area contributed by atoms with Crippen molar-refractivity contribution in [2.24, 2.45) is 5.92 Å². The summed E-state index contributed by atoms with van der Waals surface area (Å²) in [6, 6.07) is 14.9. The fourth-order valence-corrected chi connectivity index (χ4v) is 6.12. The number of anilines is 1. The van der Waals surface area contributed by atoms with E-state index in [1.807, 2.05) is 60.6 Å². The molecule has 1 N–H and O–H groups in total. The molecule has 42 heavy (non-hydrogen) atoms. The number of hydrogen-bond acceptors (Lipinski definition) is 7. The van der Waals surface area contributed by atoms with Gasteiger partial charge in [-0.15, -0.1) is 0 Å². The Hall–Kier alpha value is -3.76. The van der Waals surface area contributed by atoms with Gasteiger partial charge in [0.25, 0.3) is 0 Å². The lowest BCUT2D eigenvalue weighted by atomic mass is 9.95. The summed E-state index contributed by atoms with van der Waals surface area (Å²) in [5.41, 5.74) is 4.49. The second-order valence-corrected chi connectivity index (χ2v) is 18.2. The van der Waals surface area contributed by atoms with Crippen LogP contribution in [-0.4, -0.2) is 64.3 Å². The van der Waals surface area contributed by atoms with Crippen LogP contribution in [0, 0.1) is 12.8 Å². The number of fused-ring (bicyclic) bond motifs is 1. The Morgan fingerprint density at radius 2 is 1.90 bits per heavy atom. The maximum absolute atomic E-state index is 13.1. The highest BCUT2D eigenvalue weighted by molar-refractivity contribution is 6.76. The summed E-state index contributed by atoms with van der Waals surface area (Å²) in [6.07, 6.45) is 6.32. The number of pyridine rings is 1. The van der Waals surface area contributed by atoms with Crippen LogP contribution in [0.4, 0.5) is 10.5 Å². The zero-order valence-corrected chi connectivity index (χ0v) is 26.3. The zero-order chi connectivity index (χ0) is 29.7. The number of hydrogen-bond donors (Lipinski definition) is 1. The van der Waals surface area contributed by atoms with E-state index in [4.69, 9.17) is 19.4 Å². The van der Waals surface area contributed by atoms with Crippen molar-refractivity contribution in [3.05, 3.63) is 72.4 Å². The molecule has 9 nitrogen and oxygen atoms in total. The molecule has 1 aliphatic rings. The summed E-state index contributed by atoms with van der Waals surface area (Å²) in [7, 11) is -1.17. The molecule has 0 unspecified atom stereocenters. The van der Waals surface area contributed by atoms with Crippen molar-refractivity contribution in [2.75, 3.05) is 25.0 Å². The van der Waals surface area contributed by atoms with Gasteiger partial charge in [-0.1, -0.05) is 56.9 Å². The molecule has 4 heterocycles. The minimum absolute atomic E-state index is 0.0293. The number of carbonyl (C=O) groups excluding carboxylic acids is 1. The van der Waals surface area contributed by atoms with Gasteiger partial charge in [-0.25, -0.2) is 19.7 Å². The minimum atomic E-state index is -1.17. The van der Waals surface area contributed by atoms with Gasteiger partial charge in [0.2, 0.25) is 0 Å². The number of piperidine rings is 1. The average molecular weight is 587 g/mol. The van der Waals surface area contributed by atoms with E-state index in [-0.39, 0.29) is 18.7 Å². The average Bonchev–Trinajstić information content (AvgIpc) is 3.37. The number of amides is 1. The first-order valence-corrected chi connectivity index (χ1v) is 18.4. The third-order valence-electron chi connectivity index (χ3n) is 7.54. The number of ether oxygens (including phenoxy) is 2. The van der Waals surface area contributed by atoms with Crippen molar-refractivity contribution in [1.82, 2.24) is 24.4 Å². The van der Waals surface area contributed by atoms with Crippen molar-refractivity contribution in [1.29, 1.82) is 0 Å². The molecule has 1 aliphatic heterocycles. The van der Waals surface area contributed by atoms with E-state index < -0.39 is 8.07 Å². The first kappa shape index (κ1) is 29.7. The van der Waals surface area contributed by atoms with Crippen LogP contribution >= 0.6 is 0 Å². The summed E-state index contributed by atoms with van der Waals surface area (Å²) in [6.45, 7) is 13.8. The Balaban J connectivity index is 1.38. The van der Waals surface area contributed by atoms with E-state index in [1.54, 1.807) is 6.20 Å². The Bertz CT molecular complexity index is 1500. The Morgan fingerprint density at radius 1 is 1.10 bits per heavy atom. The number of rotatable bonds is 10. The number of carbonyl (C=O) groups is 1. The molecule has 0 aliphatic carbocycles. The SMILES string of the molecule is Cc1nccc(-c2cnc3c(ccn3COCC[Si](C)(C)C)c2N[C@@H]2C[C@H](C)CN(C(=O)OCc3ccccc3)C2)n1. The van der Waals surface area contributed by atoms with E-state index in [0.717, 1.165) is 52.6 Å². The van der Waals surface area contributed by atoms with Crippen LogP contribution in [0.3, 0.4) is 0 Å². The lowest BCUT2D eigenvalue weighted by Gasteiger charge is -2.37. The molecule has 2 atom stereocenters. The molecule has 0 bridgehead atoms. The largest absolute Gasteiger partial charge is 0.445 e. The smallest absolute Gasteiger partial charge is 0.410 e. The minimum Gasteiger partial charge on any atom is -0.445 e. The number of likely N-dealkylation sites (tertiary alicyclic amines) is 1. The monoisotopic (exact) mass is 586 g/mol. The lowest BCUT2D eigenvalue weighted by Crippen LogP contribution is -2.48. The molecule has 4 aromatic rings. The van der Waals surface area contributed by atoms with E-state index >= 15 is 0 Å². The highest BCUT2D eigenvalue weighted by atomic mass is 28.3. The number of aryl methyl sites for hydroxylation is 1. The quantitative estimate of drug-likeness (QED) is 0.166. The van der Waals surface area contributed by atoms with Gasteiger partial charge in [0, 0.05) is 63.4 Å². The van der Waals surface area contributed by atoms with Gasteiger partial charge in [0.1, 0.15) is 24.8 Å². The lowest BCUT2D eigenvalue weighted by molar-refractivity contribution is 0.0784. The van der Waals surface area contributed by atoms with Crippen LogP contribution in [0.1, 0.15) is 24.7 Å². The van der Waals surface area contributed by atoms with Crippen LogP contribution in [0.15, 0.2) is 61.1 Å². The normalized spacial score (nSPS) is 17.4. The maximum atomic E-state index is 13.1. The highest BCUT2D eigenvalue weighted by Crippen LogP contribution is 2.35. The van der Waals surface area contributed by atoms with Gasteiger partial charge in [0.05, 0.1) is 11.4 Å². The fraction of sp³-hybridized carbons (Fsp3) is 0.438. The molecule has 10 heteroatoms. The molecule has 5 rings (SSSR count). The Kier molecular flexibility index (Phi) is 9.23. The van der Waals surface area contributed by atoms with E-state index in [9.17, 15) is 4.79 Å². The van der Waals surface area contributed by atoms with Gasteiger partial charge in [-0.3, -0.25) is 0 Å². The molecule has 0 spiro atoms. The standard InChI is InChI=1S/C32H42N6O3Si/c1-23-17-26(20-38(19-23)32(39)41-21-25-9-7-6-8-10-25)36-30-27-12-14-37(22-40-15-16-42(3,4)5)31(27)34-18-28(30)29-11-13-33-24(2)35-29/h6-14,18,23,26H,15-17,19-22H2,1-5H3,(H,34,36)/t23-,26+/m0/s1. The van der Waals surface area contributed by atoms with E-state index in [2.05, 4.69) is 47.5 Å². The van der Waals surface area contributed by atoms with Crippen molar-refractivity contribution < 1.29 is 14.3 Å². The number of nitrogens with one attached hydrogen (secondary N) is 1. The van der Waals surface area contributed by atoms with E-state index in [1.165, 1.54) is 0 Å². The van der Waals surface area contributed by atoms with Crippen LogP contribution < -0.4 is 5.32 Å². The molecule has 1 fully saturated rings. The highest BCUT2D eigenvalue weighted by Gasteiger charge is 2.30. The molecule has 0 saturated carbocycles. The van der Waals surface area contributed by atoms with Crippen LogP contribution in [-0.2, 0) is 22.8 Å². The van der Waals surface area contributed by atoms with Crippen molar-refractivity contribution in [2.45, 2.75) is 65.3 Å². The summed E-state index contributed by atoms with van der Waals surface area (Å²) in [4.78, 5) is 28.7. The number of nitrogens with zero attached hydrogens (tertiary/aromatic N) is 5. The van der Waals surface area contributed by atoms with Gasteiger partial charge < -0.3 is 24.3 Å². The molecule has 1 saturated heterocycles. The van der Waals surface area contributed by atoms with Crippen molar-refractivity contribution in [3.8, 4) is 11.3 Å². The first-order chi connectivity index (χ1) is 20.2. The Labute approximate surface area is 249 Å². The summed E-state index contributed by atoms with van der Waals surface area (Å²) < 4.78 is 13.8. The molecule has 1 amide bonds. The first-order valence-electron chi connectivity index (χ1n) is 14.7. The summed E-state index contributed by atoms with van der Waals surface area (Å²) in [5.74, 6) is 1.01. The van der Waals surface area contributed by atoms with Gasteiger partial charge in [-0.2, -0.15) is 0 Å². The van der Waals surface area contributed by atoms with Crippen molar-refractivity contribution in [3.63, 3.8) is 0 Å². The van der Waals surface area contributed by atoms with Crippen molar-refractivity contribution >= 4 is 30.9 Å². The number of aromatic nitrogens is 4. The predicted octanol–water partition coefficient (Wildman–Crippen LogP) is 6.57. The van der Waals surface area contributed by atoms with E-state index in [0.29, 0.717) is 31.6 Å². The predicted molar refractivity (Wildman–Crippen MR) is 169 cm³/mol. The molecular formula is C32H42N6O3Si. The zero-order valence-electron chi connectivity index (χ0n) is 25.3. The van der Waals surface area contributed by atoms with Crippen LogP contribution in [0.25, 0.3) is 22.3 Å². The molecular weight excluding hydrogens is 544 g/mol.